The number of carboxylic acids is 1. The first-order valence-electron chi connectivity index (χ1n) is 11.5. The number of nitrogens with zero attached hydrogens (tertiary/aromatic N) is 1. The molecule has 1 atom stereocenters. The number of carbonyl (C=O) groups is 2. The molecule has 1 unspecified atom stereocenters. The topological polar surface area (TPSA) is 101 Å². The van der Waals surface area contributed by atoms with Gasteiger partial charge in [0, 0.05) is 39.7 Å². The number of carbonyl (C=O) groups excluding carboxylic acids is 2. The van der Waals surface area contributed by atoms with Crippen LogP contribution in [0.4, 0.5) is 5.82 Å². The molecule has 3 aromatic carbocycles. The minimum atomic E-state index is -1.18. The van der Waals surface area contributed by atoms with Crippen LogP contribution in [0.3, 0.4) is 0 Å². The van der Waals surface area contributed by atoms with E-state index in [4.69, 9.17) is 44.3 Å². The molecule has 192 valence electrons. The van der Waals surface area contributed by atoms with Crippen molar-refractivity contribution in [2.24, 2.45) is 0 Å². The second kappa shape index (κ2) is 12.6. The number of rotatable bonds is 6. The van der Waals surface area contributed by atoms with Gasteiger partial charge in [-0.15, -0.1) is 0 Å². The van der Waals surface area contributed by atoms with E-state index in [1.165, 1.54) is 6.07 Å². The molecule has 1 N–H and O–H groups in total. The molecule has 0 bridgehead atoms. The maximum absolute atomic E-state index is 12.8. The number of benzene rings is 3. The Morgan fingerprint density at radius 3 is 2.46 bits per heavy atom. The molecule has 11 heteroatoms. The minimum Gasteiger partial charge on any atom is -0.549 e. The second-order valence-corrected chi connectivity index (χ2v) is 9.69. The van der Waals surface area contributed by atoms with Crippen molar-refractivity contribution in [3.63, 3.8) is 0 Å². The van der Waals surface area contributed by atoms with Gasteiger partial charge in [-0.1, -0.05) is 40.9 Å². The zero-order chi connectivity index (χ0) is 26.8. The number of fused-ring (bicyclic) bond motifs is 1. The molecule has 1 amide bonds. The van der Waals surface area contributed by atoms with E-state index in [2.05, 4.69) is 10.3 Å². The van der Waals surface area contributed by atoms with E-state index in [1.54, 1.807) is 66.7 Å². The molecule has 1 aromatic heterocycles. The van der Waals surface area contributed by atoms with Gasteiger partial charge in [0.1, 0.15) is 23.1 Å². The van der Waals surface area contributed by atoms with Crippen LogP contribution in [0.5, 0.6) is 17.2 Å². The number of hydrogen-bond acceptors (Lipinski definition) is 6. The Balaban J connectivity index is 0.00000353. The first-order chi connectivity index (χ1) is 18.3. The van der Waals surface area contributed by atoms with Crippen molar-refractivity contribution in [1.29, 1.82) is 0 Å². The van der Waals surface area contributed by atoms with Gasteiger partial charge in [0.15, 0.2) is 0 Å². The molecule has 0 spiro atoms. The Morgan fingerprint density at radius 1 is 0.974 bits per heavy atom. The molecular formula is C28H18Cl3N2NaO5. The van der Waals surface area contributed by atoms with Gasteiger partial charge >= 0.3 is 29.6 Å². The van der Waals surface area contributed by atoms with Crippen LogP contribution >= 0.6 is 34.8 Å². The summed E-state index contributed by atoms with van der Waals surface area (Å²) >= 11 is 18.6. The monoisotopic (exact) mass is 590 g/mol. The summed E-state index contributed by atoms with van der Waals surface area (Å²) in [6, 6.07) is 19.8. The number of carboxylic acid groups (broad SMARTS) is 1. The van der Waals surface area contributed by atoms with Crippen molar-refractivity contribution in [3.05, 3.63) is 99.0 Å². The summed E-state index contributed by atoms with van der Waals surface area (Å²) < 4.78 is 11.5. The van der Waals surface area contributed by atoms with E-state index >= 15 is 0 Å². The van der Waals surface area contributed by atoms with Gasteiger partial charge in [-0.2, -0.15) is 0 Å². The van der Waals surface area contributed by atoms with Gasteiger partial charge in [0.25, 0.3) is 5.91 Å². The van der Waals surface area contributed by atoms with Crippen LogP contribution < -0.4 is 49.5 Å². The minimum absolute atomic E-state index is 0. The van der Waals surface area contributed by atoms with E-state index in [-0.39, 0.29) is 47.1 Å². The summed E-state index contributed by atoms with van der Waals surface area (Å²) in [5.74, 6) is -0.871. The maximum Gasteiger partial charge on any atom is 1.00 e. The number of amides is 1. The van der Waals surface area contributed by atoms with Gasteiger partial charge in [-0.25, -0.2) is 4.98 Å². The molecule has 39 heavy (non-hydrogen) atoms. The first kappa shape index (κ1) is 29.2. The Morgan fingerprint density at radius 2 is 1.74 bits per heavy atom. The maximum atomic E-state index is 12.8. The number of ether oxygens (including phenoxy) is 2. The number of nitrogens with one attached hydrogen (secondary N) is 1. The largest absolute Gasteiger partial charge is 1.00 e. The summed E-state index contributed by atoms with van der Waals surface area (Å²) in [5.41, 5.74) is 2.11. The smallest absolute Gasteiger partial charge is 0.549 e. The summed E-state index contributed by atoms with van der Waals surface area (Å²) in [5, 5.41) is 15.4. The zero-order valence-corrected chi connectivity index (χ0v) is 24.8. The number of anilines is 1. The van der Waals surface area contributed by atoms with Crippen LogP contribution in [0.2, 0.25) is 15.1 Å². The normalized spacial score (nSPS) is 13.9. The van der Waals surface area contributed by atoms with E-state index in [9.17, 15) is 14.7 Å². The van der Waals surface area contributed by atoms with Crippen LogP contribution in [0.15, 0.2) is 72.8 Å². The Hall–Kier alpha value is -2.78. The van der Waals surface area contributed by atoms with Crippen LogP contribution in [-0.2, 0) is 4.79 Å². The molecular weight excluding hydrogens is 574 g/mol. The van der Waals surface area contributed by atoms with Crippen LogP contribution in [0, 0.1) is 0 Å². The number of halogens is 3. The van der Waals surface area contributed by atoms with E-state index < -0.39 is 11.9 Å². The first-order valence-corrected chi connectivity index (χ1v) is 12.6. The van der Waals surface area contributed by atoms with Crippen molar-refractivity contribution >= 4 is 52.5 Å². The quantitative estimate of drug-likeness (QED) is 0.345. The van der Waals surface area contributed by atoms with Gasteiger partial charge in [0.05, 0.1) is 22.3 Å². The van der Waals surface area contributed by atoms with Gasteiger partial charge < -0.3 is 24.7 Å². The molecule has 0 aliphatic carbocycles. The SMILES string of the molecule is O=C(Nc1cccc(-c2ccc(Cl)cc2Cl)n1)c1ccc(Oc2cc3c(cc2Cl)C(C(=O)[O-])CCO3)cc1.[Na+]. The molecule has 7 nitrogen and oxygen atoms in total. The van der Waals surface area contributed by atoms with Gasteiger partial charge in [-0.05, 0) is 67.1 Å². The Bertz CT molecular complexity index is 1550. The van der Waals surface area contributed by atoms with Crippen molar-refractivity contribution in [3.8, 4) is 28.5 Å². The van der Waals surface area contributed by atoms with Gasteiger partial charge in [-0.3, -0.25) is 4.79 Å². The Kier molecular flexibility index (Phi) is 9.43. The third kappa shape index (κ3) is 6.69. The third-order valence-electron chi connectivity index (χ3n) is 5.93. The summed E-state index contributed by atoms with van der Waals surface area (Å²) in [7, 11) is 0. The second-order valence-electron chi connectivity index (χ2n) is 8.44. The van der Waals surface area contributed by atoms with Crippen LogP contribution in [0.1, 0.15) is 28.3 Å². The van der Waals surface area contributed by atoms with Gasteiger partial charge in [0.2, 0.25) is 0 Å². The molecule has 0 fully saturated rings. The molecule has 1 aliphatic rings. The number of hydrogen-bond donors (Lipinski definition) is 1. The van der Waals surface area contributed by atoms with Crippen molar-refractivity contribution in [2.45, 2.75) is 12.3 Å². The fourth-order valence-corrected chi connectivity index (χ4v) is 4.77. The molecule has 1 aliphatic heterocycles. The Labute approximate surface area is 261 Å². The molecule has 4 aromatic rings. The average molecular weight is 592 g/mol. The average Bonchev–Trinajstić information content (AvgIpc) is 2.89. The van der Waals surface area contributed by atoms with E-state index in [1.807, 2.05) is 0 Å². The number of pyridine rings is 1. The van der Waals surface area contributed by atoms with Crippen molar-refractivity contribution < 1.29 is 53.7 Å². The predicted octanol–water partition coefficient (Wildman–Crippen LogP) is 3.37. The fraction of sp³-hybridized carbons (Fsp3) is 0.107. The molecule has 0 saturated heterocycles. The van der Waals surface area contributed by atoms with E-state index in [0.29, 0.717) is 61.9 Å². The summed E-state index contributed by atoms with van der Waals surface area (Å²) in [4.78, 5) is 28.7. The molecule has 2 heterocycles. The molecule has 5 rings (SSSR count). The summed E-state index contributed by atoms with van der Waals surface area (Å²) in [6.07, 6.45) is 0.310. The van der Waals surface area contributed by atoms with Crippen LogP contribution in [0.25, 0.3) is 11.3 Å². The molecule has 0 radical (unpaired) electrons. The third-order valence-corrected chi connectivity index (χ3v) is 6.77. The zero-order valence-electron chi connectivity index (χ0n) is 20.5. The van der Waals surface area contributed by atoms with E-state index in [0.717, 1.165) is 0 Å². The van der Waals surface area contributed by atoms with Crippen molar-refractivity contribution in [1.82, 2.24) is 4.98 Å². The fourth-order valence-electron chi connectivity index (χ4n) is 4.05. The predicted molar refractivity (Wildman–Crippen MR) is 143 cm³/mol. The van der Waals surface area contributed by atoms with Crippen molar-refractivity contribution in [2.75, 3.05) is 11.9 Å². The number of aliphatic carboxylic acids is 1. The summed E-state index contributed by atoms with van der Waals surface area (Å²) in [6.45, 7) is 0.251. The standard InChI is InChI=1S/C28H19Cl3N2O5.Na/c29-16-6-9-19(21(30)12-16)23-2-1-3-26(32-23)33-27(34)15-4-7-17(8-5-15)38-25-14-24-20(13-22(25)31)18(28(35)36)10-11-37-24;/h1-9,12-14,18H,10-11H2,(H,35,36)(H,32,33,34);/q;+1/p-1. The molecule has 0 saturated carbocycles. The number of aromatic nitrogens is 1. The van der Waals surface area contributed by atoms with Crippen LogP contribution in [-0.4, -0.2) is 23.5 Å².